The first-order valence-corrected chi connectivity index (χ1v) is 9.94. The summed E-state index contributed by atoms with van der Waals surface area (Å²) < 4.78 is 5.50. The van der Waals surface area contributed by atoms with Crippen LogP contribution in [-0.2, 0) is 0 Å². The van der Waals surface area contributed by atoms with Gasteiger partial charge in [0.2, 0.25) is 0 Å². The number of fused-ring (bicyclic) bond motifs is 3. The Morgan fingerprint density at radius 2 is 1.72 bits per heavy atom. The third-order valence-electron chi connectivity index (χ3n) is 5.15. The van der Waals surface area contributed by atoms with Gasteiger partial charge in [-0.05, 0) is 18.2 Å². The summed E-state index contributed by atoms with van der Waals surface area (Å²) in [5.41, 5.74) is 2.80. The Bertz CT molecular complexity index is 1520. The Morgan fingerprint density at radius 1 is 0.969 bits per heavy atom. The number of methoxy groups -OCH3 is 1. The van der Waals surface area contributed by atoms with E-state index >= 15 is 0 Å². The minimum absolute atomic E-state index is 0.171. The number of nitrogens with zero attached hydrogens (tertiary/aromatic N) is 5. The summed E-state index contributed by atoms with van der Waals surface area (Å²) >= 11 is 6.51. The Balaban J connectivity index is 1.97. The van der Waals surface area contributed by atoms with Crippen molar-refractivity contribution < 1.29 is 9.66 Å². The summed E-state index contributed by atoms with van der Waals surface area (Å²) in [5.74, 6) is 0.620. The molecule has 5 rings (SSSR count). The summed E-state index contributed by atoms with van der Waals surface area (Å²) in [6, 6.07) is 16.0. The number of nitro benzene ring substituents is 1. The van der Waals surface area contributed by atoms with E-state index in [4.69, 9.17) is 21.3 Å². The molecule has 3 aromatic carbocycles. The first-order chi connectivity index (χ1) is 15.6. The number of ether oxygens (including phenoxy) is 1. The summed E-state index contributed by atoms with van der Waals surface area (Å²) in [6.07, 6.45) is 3.08. The molecular formula is C23H14ClN5O3. The SMILES string of the molecule is COc1ccccc1-c1cnc2c(cc([N+](=O)[O-])c3nncc32)c(-c2ccccc2Cl)n1. The van der Waals surface area contributed by atoms with Gasteiger partial charge >= 0.3 is 0 Å². The Labute approximate surface area is 186 Å². The molecule has 0 fully saturated rings. The second kappa shape index (κ2) is 7.82. The van der Waals surface area contributed by atoms with Crippen molar-refractivity contribution in [1.82, 2.24) is 20.2 Å². The lowest BCUT2D eigenvalue weighted by atomic mass is 10.0. The Hall–Kier alpha value is -4.17. The predicted molar refractivity (Wildman–Crippen MR) is 122 cm³/mol. The highest BCUT2D eigenvalue weighted by molar-refractivity contribution is 6.33. The smallest absolute Gasteiger partial charge is 0.298 e. The highest BCUT2D eigenvalue weighted by atomic mass is 35.5. The van der Waals surface area contributed by atoms with Crippen molar-refractivity contribution in [2.45, 2.75) is 0 Å². The van der Waals surface area contributed by atoms with E-state index in [9.17, 15) is 10.1 Å². The third-order valence-corrected chi connectivity index (χ3v) is 5.48. The van der Waals surface area contributed by atoms with E-state index < -0.39 is 4.92 Å². The second-order valence-electron chi connectivity index (χ2n) is 6.94. The fourth-order valence-corrected chi connectivity index (χ4v) is 3.90. The first kappa shape index (κ1) is 19.8. The van der Waals surface area contributed by atoms with E-state index in [1.807, 2.05) is 42.5 Å². The van der Waals surface area contributed by atoms with Crippen molar-refractivity contribution in [3.8, 4) is 28.3 Å². The van der Waals surface area contributed by atoms with Gasteiger partial charge in [-0.2, -0.15) is 5.10 Å². The minimum atomic E-state index is -0.485. The minimum Gasteiger partial charge on any atom is -0.496 e. The van der Waals surface area contributed by atoms with Crippen LogP contribution in [0.5, 0.6) is 5.75 Å². The molecule has 0 radical (unpaired) electrons. The Kier molecular flexibility index (Phi) is 4.84. The van der Waals surface area contributed by atoms with Gasteiger partial charge in [0.05, 0.1) is 46.7 Å². The molecule has 0 unspecified atom stereocenters. The van der Waals surface area contributed by atoms with Crippen LogP contribution in [0.4, 0.5) is 5.69 Å². The highest BCUT2D eigenvalue weighted by Crippen LogP contribution is 2.38. The zero-order chi connectivity index (χ0) is 22.2. The molecule has 0 aliphatic rings. The van der Waals surface area contributed by atoms with E-state index in [-0.39, 0.29) is 11.2 Å². The molecule has 32 heavy (non-hydrogen) atoms. The van der Waals surface area contributed by atoms with E-state index in [1.54, 1.807) is 19.4 Å². The number of aromatic nitrogens is 4. The van der Waals surface area contributed by atoms with E-state index in [0.29, 0.717) is 44.0 Å². The maximum absolute atomic E-state index is 11.8. The molecule has 0 amide bonds. The maximum Gasteiger partial charge on any atom is 0.298 e. The first-order valence-electron chi connectivity index (χ1n) is 9.56. The van der Waals surface area contributed by atoms with Crippen LogP contribution in [0.1, 0.15) is 0 Å². The fourth-order valence-electron chi connectivity index (χ4n) is 3.68. The molecule has 0 atom stereocenters. The average Bonchev–Trinajstić information content (AvgIpc) is 3.21. The molecule has 9 heteroatoms. The second-order valence-corrected chi connectivity index (χ2v) is 7.35. The average molecular weight is 444 g/mol. The third kappa shape index (κ3) is 3.17. The van der Waals surface area contributed by atoms with Gasteiger partial charge in [0.25, 0.3) is 5.69 Å². The molecule has 0 spiro atoms. The van der Waals surface area contributed by atoms with Crippen molar-refractivity contribution >= 4 is 39.1 Å². The monoisotopic (exact) mass is 443 g/mol. The number of para-hydroxylation sites is 1. The van der Waals surface area contributed by atoms with Crippen LogP contribution in [0.25, 0.3) is 44.3 Å². The summed E-state index contributed by atoms with van der Waals surface area (Å²) in [6.45, 7) is 0. The number of halogens is 1. The lowest BCUT2D eigenvalue weighted by Gasteiger charge is -2.08. The van der Waals surface area contributed by atoms with Gasteiger partial charge < -0.3 is 4.74 Å². The van der Waals surface area contributed by atoms with Gasteiger partial charge in [0.1, 0.15) is 5.75 Å². The molecule has 0 saturated carbocycles. The normalized spacial score (nSPS) is 11.1. The molecular weight excluding hydrogens is 430 g/mol. The van der Waals surface area contributed by atoms with Crippen molar-refractivity contribution in [2.75, 3.05) is 7.11 Å². The topological polar surface area (TPSA) is 104 Å². The van der Waals surface area contributed by atoms with Crippen LogP contribution in [0.2, 0.25) is 5.02 Å². The van der Waals surface area contributed by atoms with Crippen LogP contribution in [0.3, 0.4) is 0 Å². The molecule has 0 aliphatic carbocycles. The van der Waals surface area contributed by atoms with Gasteiger partial charge in [0, 0.05) is 27.6 Å². The predicted octanol–water partition coefficient (Wildman–Crippen LogP) is 5.48. The van der Waals surface area contributed by atoms with Crippen molar-refractivity contribution in [2.24, 2.45) is 0 Å². The van der Waals surface area contributed by atoms with E-state index in [2.05, 4.69) is 15.2 Å². The maximum atomic E-state index is 11.8. The van der Waals surface area contributed by atoms with Crippen molar-refractivity contribution in [3.05, 3.63) is 82.1 Å². The lowest BCUT2D eigenvalue weighted by molar-refractivity contribution is -0.383. The van der Waals surface area contributed by atoms with Gasteiger partial charge in [-0.15, -0.1) is 5.10 Å². The molecule has 8 nitrogen and oxygen atoms in total. The molecule has 0 bridgehead atoms. The van der Waals surface area contributed by atoms with Crippen LogP contribution in [0.15, 0.2) is 67.0 Å². The number of nitro groups is 1. The quantitative estimate of drug-likeness (QED) is 0.267. The Morgan fingerprint density at radius 3 is 2.47 bits per heavy atom. The molecule has 0 saturated heterocycles. The zero-order valence-electron chi connectivity index (χ0n) is 16.7. The van der Waals surface area contributed by atoms with Crippen LogP contribution in [0, 0.1) is 10.1 Å². The molecule has 156 valence electrons. The van der Waals surface area contributed by atoms with Crippen LogP contribution in [-0.4, -0.2) is 32.2 Å². The summed E-state index contributed by atoms with van der Waals surface area (Å²) in [7, 11) is 1.58. The molecule has 2 heterocycles. The van der Waals surface area contributed by atoms with Gasteiger partial charge in [-0.25, -0.2) is 4.98 Å². The largest absolute Gasteiger partial charge is 0.496 e. The fraction of sp³-hybridized carbons (Fsp3) is 0.0435. The molecule has 5 aromatic rings. The highest BCUT2D eigenvalue weighted by Gasteiger charge is 2.22. The number of hydrogen-bond donors (Lipinski definition) is 0. The van der Waals surface area contributed by atoms with Gasteiger partial charge in [0.15, 0.2) is 5.52 Å². The van der Waals surface area contributed by atoms with Crippen LogP contribution >= 0.6 is 11.6 Å². The number of non-ortho nitro benzene ring substituents is 1. The van der Waals surface area contributed by atoms with Crippen LogP contribution < -0.4 is 4.74 Å². The molecule has 0 aliphatic heterocycles. The summed E-state index contributed by atoms with van der Waals surface area (Å²) in [5, 5.41) is 21.0. The number of benzene rings is 3. The van der Waals surface area contributed by atoms with Gasteiger partial charge in [-0.3, -0.25) is 15.1 Å². The number of hydrogen-bond acceptors (Lipinski definition) is 7. The van der Waals surface area contributed by atoms with Crippen molar-refractivity contribution in [1.29, 1.82) is 0 Å². The molecule has 2 aromatic heterocycles. The summed E-state index contributed by atoms with van der Waals surface area (Å²) in [4.78, 5) is 20.8. The van der Waals surface area contributed by atoms with Gasteiger partial charge in [-0.1, -0.05) is 41.9 Å². The van der Waals surface area contributed by atoms with E-state index in [1.165, 1.54) is 12.3 Å². The zero-order valence-corrected chi connectivity index (χ0v) is 17.4. The lowest BCUT2D eigenvalue weighted by Crippen LogP contribution is -1.92. The number of rotatable bonds is 4. The molecule has 0 N–H and O–H groups in total. The van der Waals surface area contributed by atoms with E-state index in [0.717, 1.165) is 5.56 Å². The standard InChI is InChI=1S/C23H14ClN5O3/c1-32-20-9-5-3-7-14(20)18-12-25-21-15(22(27-18)13-6-2-4-8-17(13)24)10-19(29(30)31)23-16(21)11-26-28-23/h2-12H,1H3. The van der Waals surface area contributed by atoms with Crippen molar-refractivity contribution in [3.63, 3.8) is 0 Å².